The number of imidazole rings is 1. The maximum Gasteiger partial charge on any atom is 0.157 e. The molecule has 16 heavy (non-hydrogen) atoms. The van der Waals surface area contributed by atoms with Crippen molar-refractivity contribution < 1.29 is 0 Å². The molecule has 0 aliphatic rings. The highest BCUT2D eigenvalue weighted by Crippen LogP contribution is 2.25. The van der Waals surface area contributed by atoms with Crippen molar-refractivity contribution in [3.63, 3.8) is 0 Å². The largest absolute Gasteiger partial charge is 0.382 e. The van der Waals surface area contributed by atoms with Gasteiger partial charge < -0.3 is 15.6 Å². The summed E-state index contributed by atoms with van der Waals surface area (Å²) in [7, 11) is 1.91. The van der Waals surface area contributed by atoms with E-state index >= 15 is 0 Å². The van der Waals surface area contributed by atoms with Gasteiger partial charge in [-0.05, 0) is 11.5 Å². The SMILES string of the molecule is Cn1ccnc1CNc1snc(N)c1C#N. The molecule has 0 saturated carbocycles. The molecular formula is C9H10N6S. The van der Waals surface area contributed by atoms with Crippen molar-refractivity contribution in [3.05, 3.63) is 23.8 Å². The molecule has 0 saturated heterocycles. The molecule has 0 amide bonds. The minimum Gasteiger partial charge on any atom is -0.382 e. The van der Waals surface area contributed by atoms with Crippen LogP contribution in [0.3, 0.4) is 0 Å². The van der Waals surface area contributed by atoms with Gasteiger partial charge in [0.15, 0.2) is 5.82 Å². The fraction of sp³-hybridized carbons (Fsp3) is 0.222. The van der Waals surface area contributed by atoms with E-state index in [4.69, 9.17) is 11.0 Å². The van der Waals surface area contributed by atoms with Gasteiger partial charge in [0.1, 0.15) is 22.5 Å². The fourth-order valence-corrected chi connectivity index (χ4v) is 1.92. The number of nitriles is 1. The Hall–Kier alpha value is -2.07. The molecule has 0 spiro atoms. The zero-order valence-electron chi connectivity index (χ0n) is 8.64. The number of anilines is 2. The van der Waals surface area contributed by atoms with Crippen LogP contribution in [0.4, 0.5) is 10.8 Å². The zero-order valence-corrected chi connectivity index (χ0v) is 9.45. The van der Waals surface area contributed by atoms with Crippen LogP contribution < -0.4 is 11.1 Å². The van der Waals surface area contributed by atoms with Crippen molar-refractivity contribution in [2.45, 2.75) is 6.54 Å². The summed E-state index contributed by atoms with van der Waals surface area (Å²) < 4.78 is 5.82. The summed E-state index contributed by atoms with van der Waals surface area (Å²) >= 11 is 1.18. The van der Waals surface area contributed by atoms with Gasteiger partial charge in [-0.3, -0.25) is 0 Å². The van der Waals surface area contributed by atoms with Crippen LogP contribution in [0.15, 0.2) is 12.4 Å². The smallest absolute Gasteiger partial charge is 0.157 e. The number of hydrogen-bond donors (Lipinski definition) is 2. The quantitative estimate of drug-likeness (QED) is 0.824. The standard InChI is InChI=1S/C9H10N6S/c1-15-3-2-12-7(15)5-13-9-6(4-10)8(11)14-16-9/h2-3,13H,5H2,1H3,(H2,11,14). The summed E-state index contributed by atoms with van der Waals surface area (Å²) in [4.78, 5) is 4.16. The zero-order chi connectivity index (χ0) is 11.5. The van der Waals surface area contributed by atoms with Gasteiger partial charge in [-0.15, -0.1) is 0 Å². The first-order valence-corrected chi connectivity index (χ1v) is 5.35. The Labute approximate surface area is 96.5 Å². The predicted octanol–water partition coefficient (Wildman–Crippen LogP) is 0.943. The maximum atomic E-state index is 8.88. The molecule has 2 aromatic rings. The predicted molar refractivity (Wildman–Crippen MR) is 61.8 cm³/mol. The molecule has 0 aromatic carbocycles. The average Bonchev–Trinajstić information content (AvgIpc) is 2.82. The first-order chi connectivity index (χ1) is 7.72. The molecule has 82 valence electrons. The number of aryl methyl sites for hydroxylation is 1. The Morgan fingerprint density at radius 2 is 2.50 bits per heavy atom. The lowest BCUT2D eigenvalue weighted by Crippen LogP contribution is -2.05. The summed E-state index contributed by atoms with van der Waals surface area (Å²) in [6, 6.07) is 2.02. The molecule has 2 rings (SSSR count). The number of nitrogen functional groups attached to an aromatic ring is 1. The van der Waals surface area contributed by atoms with Crippen LogP contribution in [0.2, 0.25) is 0 Å². The Bertz CT molecular complexity index is 534. The molecule has 0 aliphatic carbocycles. The molecule has 0 atom stereocenters. The van der Waals surface area contributed by atoms with E-state index in [-0.39, 0.29) is 5.82 Å². The second-order valence-corrected chi connectivity index (χ2v) is 3.97. The third kappa shape index (κ3) is 1.83. The monoisotopic (exact) mass is 234 g/mol. The fourth-order valence-electron chi connectivity index (χ4n) is 1.26. The van der Waals surface area contributed by atoms with Crippen molar-refractivity contribution in [2.24, 2.45) is 7.05 Å². The van der Waals surface area contributed by atoms with Crippen LogP contribution in [0.25, 0.3) is 0 Å². The van der Waals surface area contributed by atoms with E-state index < -0.39 is 0 Å². The maximum absolute atomic E-state index is 8.88. The molecule has 6 nitrogen and oxygen atoms in total. The number of aromatic nitrogens is 3. The van der Waals surface area contributed by atoms with Gasteiger partial charge >= 0.3 is 0 Å². The Morgan fingerprint density at radius 3 is 3.12 bits per heavy atom. The number of rotatable bonds is 3. The normalized spacial score (nSPS) is 10.0. The lowest BCUT2D eigenvalue weighted by Gasteiger charge is -2.03. The van der Waals surface area contributed by atoms with Gasteiger partial charge in [0.2, 0.25) is 0 Å². The number of nitrogens with two attached hydrogens (primary N) is 1. The second-order valence-electron chi connectivity index (χ2n) is 3.19. The Morgan fingerprint density at radius 1 is 1.69 bits per heavy atom. The second kappa shape index (κ2) is 4.20. The Kier molecular flexibility index (Phi) is 2.74. The van der Waals surface area contributed by atoms with E-state index in [1.54, 1.807) is 6.20 Å². The minimum atomic E-state index is 0.273. The highest BCUT2D eigenvalue weighted by atomic mass is 32.1. The van der Waals surface area contributed by atoms with Crippen LogP contribution in [0, 0.1) is 11.3 Å². The summed E-state index contributed by atoms with van der Waals surface area (Å²) in [5.41, 5.74) is 5.95. The molecule has 3 N–H and O–H groups in total. The van der Waals surface area contributed by atoms with Crippen molar-refractivity contribution >= 4 is 22.4 Å². The van der Waals surface area contributed by atoms with E-state index in [1.807, 2.05) is 23.9 Å². The summed E-state index contributed by atoms with van der Waals surface area (Å²) in [6.07, 6.45) is 3.59. The van der Waals surface area contributed by atoms with Crippen LogP contribution in [0.1, 0.15) is 11.4 Å². The molecule has 0 aliphatic heterocycles. The molecule has 2 heterocycles. The molecule has 0 fully saturated rings. The highest BCUT2D eigenvalue weighted by molar-refractivity contribution is 7.10. The summed E-state index contributed by atoms with van der Waals surface area (Å²) in [6.45, 7) is 0.541. The van der Waals surface area contributed by atoms with E-state index in [0.717, 1.165) is 5.82 Å². The number of nitrogens with one attached hydrogen (secondary N) is 1. The first kappa shape index (κ1) is 10.4. The number of nitrogens with zero attached hydrogens (tertiary/aromatic N) is 4. The summed E-state index contributed by atoms with van der Waals surface area (Å²) in [5, 5.41) is 12.7. The van der Waals surface area contributed by atoms with Crippen molar-refractivity contribution in [1.29, 1.82) is 5.26 Å². The lowest BCUT2D eigenvalue weighted by molar-refractivity contribution is 0.814. The van der Waals surface area contributed by atoms with Crippen LogP contribution in [-0.4, -0.2) is 13.9 Å². The van der Waals surface area contributed by atoms with Crippen LogP contribution >= 0.6 is 11.5 Å². The van der Waals surface area contributed by atoms with Crippen molar-refractivity contribution in [3.8, 4) is 6.07 Å². The van der Waals surface area contributed by atoms with Gasteiger partial charge in [-0.1, -0.05) is 0 Å². The minimum absolute atomic E-state index is 0.273. The van der Waals surface area contributed by atoms with E-state index in [9.17, 15) is 0 Å². The molecular weight excluding hydrogens is 224 g/mol. The van der Waals surface area contributed by atoms with Gasteiger partial charge in [0.05, 0.1) is 6.54 Å². The van der Waals surface area contributed by atoms with Crippen molar-refractivity contribution in [2.75, 3.05) is 11.1 Å². The van der Waals surface area contributed by atoms with Crippen LogP contribution in [-0.2, 0) is 13.6 Å². The molecule has 0 unspecified atom stereocenters. The Balaban J connectivity index is 2.11. The third-order valence-corrected chi connectivity index (χ3v) is 2.98. The molecule has 0 radical (unpaired) electrons. The topological polar surface area (TPSA) is 92.6 Å². The van der Waals surface area contributed by atoms with Gasteiger partial charge in [0.25, 0.3) is 0 Å². The lowest BCUT2D eigenvalue weighted by atomic mass is 10.3. The van der Waals surface area contributed by atoms with E-state index in [0.29, 0.717) is 17.1 Å². The van der Waals surface area contributed by atoms with E-state index in [1.165, 1.54) is 11.5 Å². The van der Waals surface area contributed by atoms with Crippen molar-refractivity contribution in [1.82, 2.24) is 13.9 Å². The van der Waals surface area contributed by atoms with Gasteiger partial charge in [-0.2, -0.15) is 9.64 Å². The van der Waals surface area contributed by atoms with Gasteiger partial charge in [0, 0.05) is 19.4 Å². The molecule has 2 aromatic heterocycles. The van der Waals surface area contributed by atoms with Crippen LogP contribution in [0.5, 0.6) is 0 Å². The molecule has 7 heteroatoms. The van der Waals surface area contributed by atoms with Gasteiger partial charge in [-0.25, -0.2) is 4.98 Å². The number of hydrogen-bond acceptors (Lipinski definition) is 6. The molecule has 0 bridgehead atoms. The first-order valence-electron chi connectivity index (χ1n) is 4.57. The van der Waals surface area contributed by atoms with E-state index in [2.05, 4.69) is 14.7 Å². The third-order valence-electron chi connectivity index (χ3n) is 2.16. The average molecular weight is 234 g/mol. The summed E-state index contributed by atoms with van der Waals surface area (Å²) in [5.74, 6) is 1.16. The highest BCUT2D eigenvalue weighted by Gasteiger charge is 2.10.